The van der Waals surface area contributed by atoms with Gasteiger partial charge in [-0.3, -0.25) is 0 Å². The first-order valence-corrected chi connectivity index (χ1v) is 6.07. The highest BCUT2D eigenvalue weighted by molar-refractivity contribution is 6.58. The third kappa shape index (κ3) is 4.06. The van der Waals surface area contributed by atoms with Crippen LogP contribution in [0.1, 0.15) is 5.56 Å². The number of benzene rings is 2. The lowest BCUT2D eigenvalue weighted by Crippen LogP contribution is -2.29. The van der Waals surface area contributed by atoms with E-state index in [4.69, 9.17) is 19.5 Å². The minimum Gasteiger partial charge on any atom is -0.464 e. The molecule has 0 atom stereocenters. The second kappa shape index (κ2) is 7.05. The van der Waals surface area contributed by atoms with Crippen LogP contribution in [0.4, 0.5) is 4.39 Å². The van der Waals surface area contributed by atoms with Crippen molar-refractivity contribution in [2.45, 2.75) is 6.61 Å². The maximum Gasteiger partial charge on any atom is 0.488 e. The van der Waals surface area contributed by atoms with Crippen molar-refractivity contribution in [1.82, 2.24) is 0 Å². The maximum absolute atomic E-state index is 13.4. The molecule has 0 heterocycles. The summed E-state index contributed by atoms with van der Waals surface area (Å²) < 4.78 is 23.8. The molecule has 20 heavy (non-hydrogen) atoms. The molecule has 2 N–H and O–H groups in total. The molecule has 0 saturated heterocycles. The smallest absolute Gasteiger partial charge is 0.464 e. The van der Waals surface area contributed by atoms with Crippen LogP contribution in [0.25, 0.3) is 0 Å². The quantitative estimate of drug-likeness (QED) is 0.470. The van der Waals surface area contributed by atoms with Gasteiger partial charge in [0.25, 0.3) is 0 Å². The van der Waals surface area contributed by atoms with E-state index in [1.807, 2.05) is 30.3 Å². The Labute approximate surface area is 116 Å². The minimum atomic E-state index is -1.66. The van der Waals surface area contributed by atoms with Crippen molar-refractivity contribution in [2.24, 2.45) is 0 Å². The Kier molecular flexibility index (Phi) is 5.12. The molecular weight excluding hydrogens is 262 g/mol. The molecule has 0 unspecified atom stereocenters. The Morgan fingerprint density at radius 1 is 1.05 bits per heavy atom. The Hall–Kier alpha value is -1.89. The summed E-state index contributed by atoms with van der Waals surface area (Å²) in [6, 6.07) is 13.1. The fraction of sp³-hybridized carbons (Fsp3) is 0.143. The average molecular weight is 276 g/mol. The zero-order valence-electron chi connectivity index (χ0n) is 10.7. The highest BCUT2D eigenvalue weighted by atomic mass is 19.1. The first-order chi connectivity index (χ1) is 9.66. The zero-order valence-corrected chi connectivity index (χ0v) is 10.7. The summed E-state index contributed by atoms with van der Waals surface area (Å²) in [5.41, 5.74) is 1.14. The lowest BCUT2D eigenvalue weighted by molar-refractivity contribution is 0.00306. The molecule has 0 radical (unpaired) electrons. The second-order valence-electron chi connectivity index (χ2n) is 4.16. The van der Waals surface area contributed by atoms with Gasteiger partial charge in [0.15, 0.2) is 18.4 Å². The van der Waals surface area contributed by atoms with Gasteiger partial charge >= 0.3 is 7.12 Å². The summed E-state index contributed by atoms with van der Waals surface area (Å²) in [6.45, 7) is 0.224. The maximum atomic E-state index is 13.4. The fourth-order valence-electron chi connectivity index (χ4n) is 1.63. The minimum absolute atomic E-state index is 0.0799. The van der Waals surface area contributed by atoms with E-state index in [-0.39, 0.29) is 18.0 Å². The molecule has 2 rings (SSSR count). The third-order valence-electron chi connectivity index (χ3n) is 2.66. The van der Waals surface area contributed by atoms with Crippen LogP contribution < -0.4 is 10.2 Å². The van der Waals surface area contributed by atoms with Crippen molar-refractivity contribution in [3.63, 3.8) is 0 Å². The molecule has 2 aromatic carbocycles. The van der Waals surface area contributed by atoms with Gasteiger partial charge < -0.3 is 19.5 Å². The summed E-state index contributed by atoms with van der Waals surface area (Å²) in [6.07, 6.45) is 0. The van der Waals surface area contributed by atoms with Crippen molar-refractivity contribution in [1.29, 1.82) is 0 Å². The third-order valence-corrected chi connectivity index (χ3v) is 2.66. The summed E-state index contributed by atoms with van der Waals surface area (Å²) >= 11 is 0. The standard InChI is InChI=1S/C14H14BFO4/c16-13-7-6-12(15(17)18)8-14(13)20-10-19-9-11-4-2-1-3-5-11/h1-8,17-18H,9-10H2. The molecule has 0 aromatic heterocycles. The molecule has 104 valence electrons. The SMILES string of the molecule is OB(O)c1ccc(F)c(OCOCc2ccccc2)c1. The predicted molar refractivity (Wildman–Crippen MR) is 73.0 cm³/mol. The summed E-state index contributed by atoms with van der Waals surface area (Å²) in [5, 5.41) is 18.0. The lowest BCUT2D eigenvalue weighted by Gasteiger charge is -2.09. The highest BCUT2D eigenvalue weighted by Crippen LogP contribution is 2.14. The van der Waals surface area contributed by atoms with Crippen molar-refractivity contribution in [3.8, 4) is 5.75 Å². The molecule has 0 fully saturated rings. The van der Waals surface area contributed by atoms with Gasteiger partial charge in [-0.15, -0.1) is 0 Å². The van der Waals surface area contributed by atoms with Gasteiger partial charge in [-0.05, 0) is 23.2 Å². The van der Waals surface area contributed by atoms with E-state index in [1.165, 1.54) is 12.1 Å². The fourth-order valence-corrected chi connectivity index (χ4v) is 1.63. The largest absolute Gasteiger partial charge is 0.488 e. The van der Waals surface area contributed by atoms with Gasteiger partial charge in [-0.1, -0.05) is 36.4 Å². The van der Waals surface area contributed by atoms with Crippen LogP contribution in [-0.4, -0.2) is 24.0 Å². The number of rotatable bonds is 6. The molecule has 0 aliphatic rings. The first-order valence-electron chi connectivity index (χ1n) is 6.07. The van der Waals surface area contributed by atoms with E-state index >= 15 is 0 Å². The van der Waals surface area contributed by atoms with E-state index in [0.29, 0.717) is 6.61 Å². The molecule has 0 aliphatic heterocycles. The van der Waals surface area contributed by atoms with Crippen LogP contribution >= 0.6 is 0 Å². The van der Waals surface area contributed by atoms with E-state index in [9.17, 15) is 4.39 Å². The Morgan fingerprint density at radius 3 is 2.50 bits per heavy atom. The van der Waals surface area contributed by atoms with Crippen molar-refractivity contribution in [3.05, 3.63) is 59.9 Å². The first kappa shape index (κ1) is 14.5. The number of hydrogen-bond donors (Lipinski definition) is 2. The van der Waals surface area contributed by atoms with Crippen molar-refractivity contribution < 1.29 is 23.9 Å². The van der Waals surface area contributed by atoms with E-state index in [2.05, 4.69) is 0 Å². The second-order valence-corrected chi connectivity index (χ2v) is 4.16. The summed E-state index contributed by atoms with van der Waals surface area (Å²) in [7, 11) is -1.66. The Morgan fingerprint density at radius 2 is 1.80 bits per heavy atom. The van der Waals surface area contributed by atoms with Gasteiger partial charge in [0.1, 0.15) is 0 Å². The topological polar surface area (TPSA) is 58.9 Å². The Bertz CT molecular complexity index is 548. The number of ether oxygens (including phenoxy) is 2. The van der Waals surface area contributed by atoms with Crippen LogP contribution in [-0.2, 0) is 11.3 Å². The number of halogens is 1. The molecule has 6 heteroatoms. The molecule has 0 amide bonds. The van der Waals surface area contributed by atoms with Crippen LogP contribution in [0.2, 0.25) is 0 Å². The molecular formula is C14H14BFO4. The van der Waals surface area contributed by atoms with Gasteiger partial charge in [-0.2, -0.15) is 0 Å². The molecule has 0 bridgehead atoms. The van der Waals surface area contributed by atoms with E-state index < -0.39 is 12.9 Å². The van der Waals surface area contributed by atoms with E-state index in [1.54, 1.807) is 0 Å². The summed E-state index contributed by atoms with van der Waals surface area (Å²) in [5.74, 6) is -0.665. The molecule has 0 spiro atoms. The van der Waals surface area contributed by atoms with Crippen LogP contribution in [0.5, 0.6) is 5.75 Å². The Balaban J connectivity index is 1.86. The van der Waals surface area contributed by atoms with E-state index in [0.717, 1.165) is 11.6 Å². The van der Waals surface area contributed by atoms with Gasteiger partial charge in [-0.25, -0.2) is 4.39 Å². The monoisotopic (exact) mass is 276 g/mol. The van der Waals surface area contributed by atoms with Crippen molar-refractivity contribution >= 4 is 12.6 Å². The zero-order chi connectivity index (χ0) is 14.4. The lowest BCUT2D eigenvalue weighted by atomic mass is 9.80. The van der Waals surface area contributed by atoms with Gasteiger partial charge in [0.05, 0.1) is 6.61 Å². The molecule has 4 nitrogen and oxygen atoms in total. The van der Waals surface area contributed by atoms with Gasteiger partial charge in [0, 0.05) is 0 Å². The van der Waals surface area contributed by atoms with Crippen LogP contribution in [0, 0.1) is 5.82 Å². The van der Waals surface area contributed by atoms with Crippen molar-refractivity contribution in [2.75, 3.05) is 6.79 Å². The molecule has 0 saturated carbocycles. The van der Waals surface area contributed by atoms with Crippen LogP contribution in [0.3, 0.4) is 0 Å². The predicted octanol–water partition coefficient (Wildman–Crippen LogP) is 1.06. The molecule has 2 aromatic rings. The highest BCUT2D eigenvalue weighted by Gasteiger charge is 2.14. The number of hydrogen-bond acceptors (Lipinski definition) is 4. The summed E-state index contributed by atoms with van der Waals surface area (Å²) in [4.78, 5) is 0. The van der Waals surface area contributed by atoms with Gasteiger partial charge in [0.2, 0.25) is 0 Å². The molecule has 0 aliphatic carbocycles. The normalized spacial score (nSPS) is 10.3. The average Bonchev–Trinajstić information content (AvgIpc) is 2.46. The van der Waals surface area contributed by atoms with Crippen LogP contribution in [0.15, 0.2) is 48.5 Å².